The van der Waals surface area contributed by atoms with E-state index in [9.17, 15) is 5.11 Å². The van der Waals surface area contributed by atoms with Gasteiger partial charge < -0.3 is 9.84 Å². The summed E-state index contributed by atoms with van der Waals surface area (Å²) in [4.78, 5) is 0. The third kappa shape index (κ3) is 2.31. The number of hydrogen-bond donors (Lipinski definition) is 1. The maximum absolute atomic E-state index is 11.3. The minimum Gasteiger partial charge on any atom is -0.382 e. The fourth-order valence-electron chi connectivity index (χ4n) is 5.16. The van der Waals surface area contributed by atoms with E-state index >= 15 is 0 Å². The fourth-order valence-corrected chi connectivity index (χ4v) is 6.97. The Balaban J connectivity index is 1.54. The maximum atomic E-state index is 11.3. The lowest BCUT2D eigenvalue weighted by atomic mass is 9.45. The molecule has 0 aromatic heterocycles. The zero-order valence-corrected chi connectivity index (χ0v) is 15.2. The lowest BCUT2D eigenvalue weighted by Gasteiger charge is -2.64. The average molecular weight is 333 g/mol. The lowest BCUT2D eigenvalue weighted by molar-refractivity contribution is -0.150. The average Bonchev–Trinajstić information content (AvgIpc) is 2.60. The Kier molecular flexibility index (Phi) is 3.82. The van der Waals surface area contributed by atoms with Crippen LogP contribution in [0.1, 0.15) is 45.6 Å². The SMILES string of the molecule is CC[C@](O)(c1ccccc1)C1OC[C@@H]2[C@H](C[C@H]3C[C@@H]2C3(C)C)S1. The standard InChI is InChI=1S/C20H28O2S/c1-4-20(21,13-8-6-5-7-9-13)18-22-12-15-16-10-14(19(16,2)3)11-17(15)23-18/h5-9,14-18,21H,4,10-12H2,1-3H3/t14-,15+,16+,17+,18?,20+/m1/s1. The van der Waals surface area contributed by atoms with Gasteiger partial charge in [0.25, 0.3) is 0 Å². The molecule has 2 nitrogen and oxygen atoms in total. The van der Waals surface area contributed by atoms with Gasteiger partial charge in [-0.2, -0.15) is 0 Å². The van der Waals surface area contributed by atoms with Crippen molar-refractivity contribution in [1.82, 2.24) is 0 Å². The molecule has 3 aliphatic carbocycles. The quantitative estimate of drug-likeness (QED) is 0.888. The van der Waals surface area contributed by atoms with E-state index in [0.29, 0.717) is 23.0 Å². The van der Waals surface area contributed by atoms with Crippen LogP contribution in [0.2, 0.25) is 0 Å². The highest BCUT2D eigenvalue weighted by molar-refractivity contribution is 8.00. The largest absolute Gasteiger partial charge is 0.382 e. The Morgan fingerprint density at radius 3 is 2.65 bits per heavy atom. The van der Waals surface area contributed by atoms with Gasteiger partial charge in [-0.1, -0.05) is 51.1 Å². The van der Waals surface area contributed by atoms with Crippen LogP contribution >= 0.6 is 11.8 Å². The van der Waals surface area contributed by atoms with E-state index in [1.807, 2.05) is 42.1 Å². The van der Waals surface area contributed by atoms with E-state index in [1.54, 1.807) is 0 Å². The minimum absolute atomic E-state index is 0.142. The Hall–Kier alpha value is -0.510. The van der Waals surface area contributed by atoms with Crippen molar-refractivity contribution in [2.24, 2.45) is 23.2 Å². The van der Waals surface area contributed by atoms with E-state index in [-0.39, 0.29) is 5.44 Å². The molecule has 0 amide bonds. The molecule has 1 N–H and O–H groups in total. The second-order valence-electron chi connectivity index (χ2n) is 8.24. The van der Waals surface area contributed by atoms with Gasteiger partial charge in [-0.25, -0.2) is 0 Å². The third-order valence-electron chi connectivity index (χ3n) is 7.00. The van der Waals surface area contributed by atoms with Crippen LogP contribution in [0.15, 0.2) is 30.3 Å². The topological polar surface area (TPSA) is 29.5 Å². The fraction of sp³-hybridized carbons (Fsp3) is 0.700. The zero-order valence-electron chi connectivity index (χ0n) is 14.4. The molecule has 1 aliphatic heterocycles. The molecule has 3 heteroatoms. The first kappa shape index (κ1) is 16.0. The van der Waals surface area contributed by atoms with Crippen LogP contribution < -0.4 is 0 Å². The molecule has 1 saturated heterocycles. The van der Waals surface area contributed by atoms with E-state index in [4.69, 9.17) is 4.74 Å². The van der Waals surface area contributed by atoms with Crippen LogP contribution in [0.5, 0.6) is 0 Å². The van der Waals surface area contributed by atoms with Gasteiger partial charge in [0, 0.05) is 5.25 Å². The Bertz CT molecular complexity index is 572. The molecule has 1 heterocycles. The molecule has 1 unspecified atom stereocenters. The van der Waals surface area contributed by atoms with Crippen molar-refractivity contribution in [3.63, 3.8) is 0 Å². The summed E-state index contributed by atoms with van der Waals surface area (Å²) >= 11 is 1.90. The van der Waals surface area contributed by atoms with Gasteiger partial charge in [-0.15, -0.1) is 11.8 Å². The highest BCUT2D eigenvalue weighted by Gasteiger charge is 2.60. The van der Waals surface area contributed by atoms with Crippen LogP contribution in [-0.4, -0.2) is 22.4 Å². The molecular formula is C20H28O2S. The van der Waals surface area contributed by atoms with Gasteiger partial charge in [0.2, 0.25) is 0 Å². The van der Waals surface area contributed by atoms with Crippen molar-refractivity contribution in [3.8, 4) is 0 Å². The molecule has 0 radical (unpaired) electrons. The van der Waals surface area contributed by atoms with Gasteiger partial charge >= 0.3 is 0 Å². The number of thioether (sulfide) groups is 1. The van der Waals surface area contributed by atoms with Gasteiger partial charge in [-0.3, -0.25) is 0 Å². The van der Waals surface area contributed by atoms with Crippen molar-refractivity contribution in [2.45, 2.75) is 56.3 Å². The van der Waals surface area contributed by atoms with Crippen molar-refractivity contribution in [3.05, 3.63) is 35.9 Å². The normalized spacial score (nSPS) is 40.6. The molecule has 4 fully saturated rings. The molecule has 1 aromatic carbocycles. The van der Waals surface area contributed by atoms with Crippen molar-refractivity contribution in [1.29, 1.82) is 0 Å². The minimum atomic E-state index is -0.881. The maximum Gasteiger partial charge on any atom is 0.136 e. The smallest absolute Gasteiger partial charge is 0.136 e. The summed E-state index contributed by atoms with van der Waals surface area (Å²) in [5, 5.41) is 12.0. The van der Waals surface area contributed by atoms with Gasteiger partial charge in [0.1, 0.15) is 11.0 Å². The number of hydrogen-bond acceptors (Lipinski definition) is 3. The highest BCUT2D eigenvalue weighted by atomic mass is 32.2. The summed E-state index contributed by atoms with van der Waals surface area (Å²) in [7, 11) is 0. The number of rotatable bonds is 3. The van der Waals surface area contributed by atoms with Crippen LogP contribution in [0.25, 0.3) is 0 Å². The van der Waals surface area contributed by atoms with E-state index in [0.717, 1.165) is 24.0 Å². The molecule has 23 heavy (non-hydrogen) atoms. The van der Waals surface area contributed by atoms with E-state index < -0.39 is 5.60 Å². The molecule has 0 spiro atoms. The molecule has 126 valence electrons. The van der Waals surface area contributed by atoms with Gasteiger partial charge in [0.05, 0.1) is 6.61 Å². The molecule has 3 saturated carbocycles. The summed E-state index contributed by atoms with van der Waals surface area (Å²) in [5.41, 5.74) is 0.462. The molecular weight excluding hydrogens is 304 g/mol. The zero-order chi connectivity index (χ0) is 16.2. The first-order valence-electron chi connectivity index (χ1n) is 9.01. The van der Waals surface area contributed by atoms with Crippen LogP contribution in [0.3, 0.4) is 0 Å². The predicted octanol–water partition coefficient (Wildman–Crippen LogP) is 4.42. The number of ether oxygens (including phenoxy) is 1. The summed E-state index contributed by atoms with van der Waals surface area (Å²) in [6.45, 7) is 7.75. The second-order valence-corrected chi connectivity index (χ2v) is 9.55. The lowest BCUT2D eigenvalue weighted by Crippen LogP contribution is -2.60. The van der Waals surface area contributed by atoms with Gasteiger partial charge in [-0.05, 0) is 48.0 Å². The Morgan fingerprint density at radius 1 is 1.26 bits per heavy atom. The monoisotopic (exact) mass is 332 g/mol. The van der Waals surface area contributed by atoms with Crippen molar-refractivity contribution >= 4 is 11.8 Å². The Labute approximate surface area is 144 Å². The molecule has 6 atom stereocenters. The molecule has 1 aromatic rings. The summed E-state index contributed by atoms with van der Waals surface area (Å²) in [6, 6.07) is 10.1. The second kappa shape index (κ2) is 5.50. The molecule has 4 aliphatic rings. The highest BCUT2D eigenvalue weighted by Crippen LogP contribution is 2.65. The van der Waals surface area contributed by atoms with Crippen molar-refractivity contribution < 1.29 is 9.84 Å². The Morgan fingerprint density at radius 2 is 2.00 bits per heavy atom. The first-order valence-corrected chi connectivity index (χ1v) is 9.96. The number of aliphatic hydroxyl groups is 1. The van der Waals surface area contributed by atoms with Gasteiger partial charge in [0.15, 0.2) is 0 Å². The number of benzene rings is 1. The summed E-state index contributed by atoms with van der Waals surface area (Å²) in [5.74, 6) is 2.35. The molecule has 5 rings (SSSR count). The summed E-state index contributed by atoms with van der Waals surface area (Å²) < 4.78 is 6.26. The van der Waals surface area contributed by atoms with Crippen LogP contribution in [0.4, 0.5) is 0 Å². The molecule has 2 bridgehead atoms. The van der Waals surface area contributed by atoms with E-state index in [2.05, 4.69) is 20.8 Å². The van der Waals surface area contributed by atoms with Crippen molar-refractivity contribution in [2.75, 3.05) is 6.61 Å². The summed E-state index contributed by atoms with van der Waals surface area (Å²) in [6.07, 6.45) is 3.37. The van der Waals surface area contributed by atoms with E-state index in [1.165, 1.54) is 12.8 Å². The predicted molar refractivity (Wildman–Crippen MR) is 95.2 cm³/mol. The first-order chi connectivity index (χ1) is 11.0. The van der Waals surface area contributed by atoms with Crippen LogP contribution in [0, 0.1) is 23.2 Å². The van der Waals surface area contributed by atoms with Crippen LogP contribution in [-0.2, 0) is 10.3 Å². The third-order valence-corrected chi connectivity index (χ3v) is 8.66.